The van der Waals surface area contributed by atoms with Crippen LogP contribution in [0.4, 0.5) is 4.39 Å². The summed E-state index contributed by atoms with van der Waals surface area (Å²) in [5, 5.41) is 0.342. The Bertz CT molecular complexity index is 1060. The van der Waals surface area contributed by atoms with E-state index >= 15 is 0 Å². The first-order valence-electron chi connectivity index (χ1n) is 8.29. The Morgan fingerprint density at radius 3 is 2.18 bits per heavy atom. The number of carbonyl (C=O) groups excluding carboxylic acids is 2. The maximum absolute atomic E-state index is 13.2. The van der Waals surface area contributed by atoms with Gasteiger partial charge in [0.25, 0.3) is 11.8 Å². The first kappa shape index (κ1) is 19.9. The van der Waals surface area contributed by atoms with Crippen molar-refractivity contribution in [2.24, 2.45) is 0 Å². The number of aromatic nitrogens is 1. The molecule has 3 aromatic rings. The first-order chi connectivity index (χ1) is 13.3. The van der Waals surface area contributed by atoms with Crippen LogP contribution in [0.25, 0.3) is 5.69 Å². The molecule has 2 amide bonds. The third-order valence-electron chi connectivity index (χ3n) is 4.25. The van der Waals surface area contributed by atoms with Crippen LogP contribution in [0.1, 0.15) is 32.1 Å². The van der Waals surface area contributed by atoms with Gasteiger partial charge in [0.05, 0.1) is 21.2 Å². The Kier molecular flexibility index (Phi) is 5.72. The monoisotopic (exact) mass is 419 g/mol. The highest BCUT2D eigenvalue weighted by Gasteiger charge is 2.18. The smallest absolute Gasteiger partial charge is 0.271 e. The average molecular weight is 420 g/mol. The molecule has 3 rings (SSSR count). The number of carbonyl (C=O) groups is 2. The molecule has 1 aromatic heterocycles. The van der Waals surface area contributed by atoms with Crippen LogP contribution < -0.4 is 10.9 Å². The van der Waals surface area contributed by atoms with Gasteiger partial charge in [0.15, 0.2) is 0 Å². The number of nitrogens with zero attached hydrogens (tertiary/aromatic N) is 1. The molecule has 1 heterocycles. The van der Waals surface area contributed by atoms with Crippen molar-refractivity contribution < 1.29 is 14.0 Å². The molecule has 0 bridgehead atoms. The normalized spacial score (nSPS) is 10.6. The second kappa shape index (κ2) is 8.04. The van der Waals surface area contributed by atoms with Gasteiger partial charge >= 0.3 is 0 Å². The van der Waals surface area contributed by atoms with Crippen molar-refractivity contribution in [2.75, 3.05) is 0 Å². The van der Waals surface area contributed by atoms with Crippen LogP contribution in [0.3, 0.4) is 0 Å². The SMILES string of the molecule is Cc1cc(C(=O)NNC(=O)c2cccc(Cl)c2Cl)c(C)n1-c1ccc(F)cc1. The minimum Gasteiger partial charge on any atom is -0.318 e. The molecule has 2 N–H and O–H groups in total. The van der Waals surface area contributed by atoms with Gasteiger partial charge < -0.3 is 4.57 Å². The molecule has 0 fully saturated rings. The molecule has 0 aliphatic rings. The maximum atomic E-state index is 13.2. The lowest BCUT2D eigenvalue weighted by atomic mass is 10.2. The summed E-state index contributed by atoms with van der Waals surface area (Å²) < 4.78 is 15.0. The lowest BCUT2D eigenvalue weighted by Gasteiger charge is -2.11. The summed E-state index contributed by atoms with van der Waals surface area (Å²) in [6, 6.07) is 12.3. The van der Waals surface area contributed by atoms with Crippen molar-refractivity contribution in [2.45, 2.75) is 13.8 Å². The summed E-state index contributed by atoms with van der Waals surface area (Å²) in [5.74, 6) is -1.42. The molecule has 0 aliphatic carbocycles. The Hall–Kier alpha value is -2.83. The van der Waals surface area contributed by atoms with E-state index < -0.39 is 11.8 Å². The molecule has 5 nitrogen and oxygen atoms in total. The summed E-state index contributed by atoms with van der Waals surface area (Å²) in [6.45, 7) is 3.60. The standard InChI is InChI=1S/C20H16Cl2FN3O2/c1-11-10-16(12(2)26(11)14-8-6-13(23)7-9-14)20(28)25-24-19(27)15-4-3-5-17(21)18(15)22/h3-10H,1-2H3,(H,24,27)(H,25,28). The molecular formula is C20H16Cl2FN3O2. The topological polar surface area (TPSA) is 63.1 Å². The van der Waals surface area contributed by atoms with Gasteiger partial charge in [-0.2, -0.15) is 0 Å². The van der Waals surface area contributed by atoms with E-state index in [2.05, 4.69) is 10.9 Å². The third kappa shape index (κ3) is 3.88. The minimum atomic E-state index is -0.590. The molecule has 144 valence electrons. The Balaban J connectivity index is 1.78. The number of aryl methyl sites for hydroxylation is 1. The molecule has 8 heteroatoms. The zero-order chi connectivity index (χ0) is 20.4. The van der Waals surface area contributed by atoms with Crippen LogP contribution in [0, 0.1) is 19.7 Å². The highest BCUT2D eigenvalue weighted by atomic mass is 35.5. The van der Waals surface area contributed by atoms with E-state index in [0.717, 1.165) is 11.4 Å². The summed E-state index contributed by atoms with van der Waals surface area (Å²) in [7, 11) is 0. The molecule has 2 aromatic carbocycles. The minimum absolute atomic E-state index is 0.102. The highest BCUT2D eigenvalue weighted by Crippen LogP contribution is 2.25. The quantitative estimate of drug-likeness (QED) is 0.608. The zero-order valence-corrected chi connectivity index (χ0v) is 16.5. The second-order valence-electron chi connectivity index (χ2n) is 6.11. The molecule has 0 spiro atoms. The van der Waals surface area contributed by atoms with Gasteiger partial charge in [-0.3, -0.25) is 20.4 Å². The van der Waals surface area contributed by atoms with Crippen molar-refractivity contribution >= 4 is 35.0 Å². The number of halogens is 3. The highest BCUT2D eigenvalue weighted by molar-refractivity contribution is 6.43. The Morgan fingerprint density at radius 1 is 0.929 bits per heavy atom. The van der Waals surface area contributed by atoms with Crippen LogP contribution in [0.2, 0.25) is 10.0 Å². The molecule has 0 saturated heterocycles. The second-order valence-corrected chi connectivity index (χ2v) is 6.89. The predicted molar refractivity (Wildman–Crippen MR) is 107 cm³/mol. The molecule has 0 radical (unpaired) electrons. The van der Waals surface area contributed by atoms with Gasteiger partial charge in [0.2, 0.25) is 0 Å². The fourth-order valence-corrected chi connectivity index (χ4v) is 3.29. The molecule has 0 unspecified atom stereocenters. The average Bonchev–Trinajstić information content (AvgIpc) is 2.97. The van der Waals surface area contributed by atoms with Crippen molar-refractivity contribution in [3.63, 3.8) is 0 Å². The van der Waals surface area contributed by atoms with Crippen LogP contribution in [0.15, 0.2) is 48.5 Å². The van der Waals surface area contributed by atoms with Crippen molar-refractivity contribution in [1.29, 1.82) is 0 Å². The molecule has 0 atom stereocenters. The number of hydrogen-bond donors (Lipinski definition) is 2. The largest absolute Gasteiger partial charge is 0.318 e. The van der Waals surface area contributed by atoms with Gasteiger partial charge in [-0.25, -0.2) is 4.39 Å². The van der Waals surface area contributed by atoms with Crippen molar-refractivity contribution in [3.05, 3.63) is 86.9 Å². The van der Waals surface area contributed by atoms with E-state index in [1.165, 1.54) is 18.2 Å². The summed E-state index contributed by atoms with van der Waals surface area (Å²) in [5.41, 5.74) is 7.39. The van der Waals surface area contributed by atoms with Gasteiger partial charge in [-0.05, 0) is 56.3 Å². The van der Waals surface area contributed by atoms with E-state index in [-0.39, 0.29) is 21.4 Å². The van der Waals surface area contributed by atoms with Crippen molar-refractivity contribution in [1.82, 2.24) is 15.4 Å². The van der Waals surface area contributed by atoms with Crippen molar-refractivity contribution in [3.8, 4) is 5.69 Å². The zero-order valence-electron chi connectivity index (χ0n) is 15.0. The summed E-state index contributed by atoms with van der Waals surface area (Å²) in [6.07, 6.45) is 0. The third-order valence-corrected chi connectivity index (χ3v) is 5.07. The Labute approximate surface area is 171 Å². The van der Waals surface area contributed by atoms with Gasteiger partial charge in [0, 0.05) is 17.1 Å². The van der Waals surface area contributed by atoms with E-state index in [1.54, 1.807) is 37.3 Å². The van der Waals surface area contributed by atoms with Gasteiger partial charge in [-0.15, -0.1) is 0 Å². The van der Waals surface area contributed by atoms with E-state index in [4.69, 9.17) is 23.2 Å². The molecule has 0 aliphatic heterocycles. The number of rotatable bonds is 3. The van der Waals surface area contributed by atoms with Crippen LogP contribution in [0.5, 0.6) is 0 Å². The Morgan fingerprint density at radius 2 is 1.54 bits per heavy atom. The summed E-state index contributed by atoms with van der Waals surface area (Å²) in [4.78, 5) is 24.8. The van der Waals surface area contributed by atoms with Gasteiger partial charge in [0.1, 0.15) is 5.82 Å². The molecule has 28 heavy (non-hydrogen) atoms. The number of benzene rings is 2. The molecular weight excluding hydrogens is 404 g/mol. The van der Waals surface area contributed by atoms with E-state index in [9.17, 15) is 14.0 Å². The first-order valence-corrected chi connectivity index (χ1v) is 9.04. The number of hydrogen-bond acceptors (Lipinski definition) is 2. The number of hydrazine groups is 1. The predicted octanol–water partition coefficient (Wildman–Crippen LogP) is 4.61. The molecule has 0 saturated carbocycles. The van der Waals surface area contributed by atoms with E-state index in [0.29, 0.717) is 11.3 Å². The van der Waals surface area contributed by atoms with Crippen LogP contribution in [-0.4, -0.2) is 16.4 Å². The number of amides is 2. The summed E-state index contributed by atoms with van der Waals surface area (Å²) >= 11 is 11.9. The number of nitrogens with one attached hydrogen (secondary N) is 2. The fraction of sp³-hybridized carbons (Fsp3) is 0.100. The van der Waals surface area contributed by atoms with E-state index in [1.807, 2.05) is 11.5 Å². The fourth-order valence-electron chi connectivity index (χ4n) is 2.91. The lowest BCUT2D eigenvalue weighted by molar-refractivity contribution is 0.0846. The van der Waals surface area contributed by atoms with Gasteiger partial charge in [-0.1, -0.05) is 29.3 Å². The van der Waals surface area contributed by atoms with Crippen LogP contribution >= 0.6 is 23.2 Å². The maximum Gasteiger partial charge on any atom is 0.271 e. The lowest BCUT2D eigenvalue weighted by Crippen LogP contribution is -2.41. The van der Waals surface area contributed by atoms with Crippen LogP contribution in [-0.2, 0) is 0 Å².